The summed E-state index contributed by atoms with van der Waals surface area (Å²) in [6.45, 7) is 1.10. The lowest BCUT2D eigenvalue weighted by Crippen LogP contribution is -2.43. The van der Waals surface area contributed by atoms with Gasteiger partial charge >= 0.3 is 0 Å². The van der Waals surface area contributed by atoms with Crippen LogP contribution in [-0.4, -0.2) is 39.1 Å². The van der Waals surface area contributed by atoms with Gasteiger partial charge in [0.15, 0.2) is 5.96 Å². The zero-order valence-corrected chi connectivity index (χ0v) is 15.6. The molecule has 0 radical (unpaired) electrons. The van der Waals surface area contributed by atoms with Gasteiger partial charge in [-0.25, -0.2) is 0 Å². The highest BCUT2D eigenvalue weighted by atomic mass is 35.5. The maximum absolute atomic E-state index is 11.8. The fourth-order valence-electron chi connectivity index (χ4n) is 2.22. The van der Waals surface area contributed by atoms with E-state index in [-0.39, 0.29) is 12.5 Å². The molecule has 0 bridgehead atoms. The van der Waals surface area contributed by atoms with Crippen LogP contribution in [0.15, 0.2) is 46.0 Å². The molecule has 2 aromatic rings. The molecule has 2 rings (SSSR count). The molecular formula is C18H23ClN4O3. The highest BCUT2D eigenvalue weighted by Crippen LogP contribution is 2.22. The maximum atomic E-state index is 11.8. The van der Waals surface area contributed by atoms with Crippen molar-refractivity contribution in [1.82, 2.24) is 16.0 Å². The van der Waals surface area contributed by atoms with E-state index in [1.165, 1.54) is 0 Å². The van der Waals surface area contributed by atoms with Crippen molar-refractivity contribution in [3.63, 3.8) is 0 Å². The molecule has 1 amide bonds. The average molecular weight is 379 g/mol. The molecule has 0 saturated heterocycles. The van der Waals surface area contributed by atoms with Crippen LogP contribution in [-0.2, 0) is 17.8 Å². The summed E-state index contributed by atoms with van der Waals surface area (Å²) < 4.78 is 10.3. The summed E-state index contributed by atoms with van der Waals surface area (Å²) in [6, 6.07) is 9.17. The summed E-state index contributed by atoms with van der Waals surface area (Å²) in [5, 5.41) is 9.53. The van der Waals surface area contributed by atoms with Crippen molar-refractivity contribution in [2.24, 2.45) is 4.99 Å². The number of nitrogens with one attached hydrogen (secondary N) is 3. The number of nitrogens with zero attached hydrogens (tertiary/aromatic N) is 1. The van der Waals surface area contributed by atoms with Crippen LogP contribution in [0, 0.1) is 0 Å². The molecule has 1 aromatic heterocycles. The number of hydrogen-bond acceptors (Lipinski definition) is 4. The van der Waals surface area contributed by atoms with Crippen LogP contribution in [0.5, 0.6) is 5.75 Å². The summed E-state index contributed by atoms with van der Waals surface area (Å²) in [4.78, 5) is 15.9. The zero-order chi connectivity index (χ0) is 18.8. The van der Waals surface area contributed by atoms with Gasteiger partial charge in [0.25, 0.3) is 0 Å². The van der Waals surface area contributed by atoms with Gasteiger partial charge < -0.3 is 25.1 Å². The first-order valence-corrected chi connectivity index (χ1v) is 8.56. The summed E-state index contributed by atoms with van der Waals surface area (Å²) in [5.74, 6) is 1.83. The molecule has 0 fully saturated rings. The normalized spacial score (nSPS) is 11.1. The molecule has 0 aliphatic heterocycles. The molecular weight excluding hydrogens is 356 g/mol. The van der Waals surface area contributed by atoms with Gasteiger partial charge in [-0.3, -0.25) is 9.79 Å². The minimum absolute atomic E-state index is 0.115. The third kappa shape index (κ3) is 6.33. The van der Waals surface area contributed by atoms with Gasteiger partial charge in [-0.1, -0.05) is 17.7 Å². The maximum Gasteiger partial charge on any atom is 0.239 e. The molecule has 1 aromatic carbocycles. The summed E-state index contributed by atoms with van der Waals surface area (Å²) in [7, 11) is 3.25. The van der Waals surface area contributed by atoms with Crippen LogP contribution in [0.4, 0.5) is 0 Å². The molecule has 0 spiro atoms. The number of hydrogen-bond donors (Lipinski definition) is 3. The number of carbonyl (C=O) groups excluding carboxylic acids is 1. The van der Waals surface area contributed by atoms with Crippen LogP contribution < -0.4 is 20.7 Å². The highest BCUT2D eigenvalue weighted by molar-refractivity contribution is 6.31. The quantitative estimate of drug-likeness (QED) is 0.483. The highest BCUT2D eigenvalue weighted by Gasteiger charge is 2.06. The van der Waals surface area contributed by atoms with Crippen LogP contribution in [0.3, 0.4) is 0 Å². The van der Waals surface area contributed by atoms with Crippen molar-refractivity contribution >= 4 is 23.5 Å². The third-order valence-electron chi connectivity index (χ3n) is 3.63. The molecule has 7 nitrogen and oxygen atoms in total. The van der Waals surface area contributed by atoms with Gasteiger partial charge in [-0.2, -0.15) is 0 Å². The van der Waals surface area contributed by atoms with Gasteiger partial charge in [-0.05, 0) is 36.2 Å². The summed E-state index contributed by atoms with van der Waals surface area (Å²) >= 11 is 6.22. The molecule has 0 aliphatic carbocycles. The first kappa shape index (κ1) is 19.7. The molecule has 0 saturated carbocycles. The van der Waals surface area contributed by atoms with Crippen LogP contribution >= 0.6 is 11.6 Å². The number of rotatable bonds is 8. The molecule has 0 unspecified atom stereocenters. The number of benzene rings is 1. The number of aliphatic imine (C=N–C) groups is 1. The Labute approximate surface area is 157 Å². The van der Waals surface area contributed by atoms with Gasteiger partial charge in [0.05, 0.1) is 26.5 Å². The fraction of sp³-hybridized carbons (Fsp3) is 0.333. The van der Waals surface area contributed by atoms with Gasteiger partial charge in [0, 0.05) is 18.6 Å². The Hall–Kier alpha value is -2.67. The van der Waals surface area contributed by atoms with E-state index in [1.54, 1.807) is 38.6 Å². The topological polar surface area (TPSA) is 87.9 Å². The number of ether oxygens (including phenoxy) is 1. The van der Waals surface area contributed by atoms with Crippen LogP contribution in [0.2, 0.25) is 5.02 Å². The predicted octanol–water partition coefficient (Wildman–Crippen LogP) is 1.97. The Bertz CT molecular complexity index is 732. The second kappa shape index (κ2) is 10.4. The van der Waals surface area contributed by atoms with E-state index >= 15 is 0 Å². The van der Waals surface area contributed by atoms with Crippen molar-refractivity contribution in [3.8, 4) is 5.75 Å². The standard InChI is InChI=1S/C18H23ClN4O3/c1-20-18(23-12-17(24)22-11-15-4-3-9-26-15)21-8-7-13-5-6-14(25-2)10-16(13)19/h3-6,9-10H,7-8,11-12H2,1-2H3,(H,22,24)(H2,20,21,23). The van der Waals surface area contributed by atoms with E-state index in [4.69, 9.17) is 20.8 Å². The summed E-state index contributed by atoms with van der Waals surface area (Å²) in [6.07, 6.45) is 2.29. The molecule has 0 aliphatic rings. The van der Waals surface area contributed by atoms with Crippen molar-refractivity contribution in [2.75, 3.05) is 27.2 Å². The smallest absolute Gasteiger partial charge is 0.239 e. The Morgan fingerprint density at radius 2 is 2.12 bits per heavy atom. The number of methoxy groups -OCH3 is 1. The van der Waals surface area contributed by atoms with E-state index in [0.29, 0.717) is 36.3 Å². The van der Waals surface area contributed by atoms with E-state index in [9.17, 15) is 4.79 Å². The zero-order valence-electron chi connectivity index (χ0n) is 14.8. The monoisotopic (exact) mass is 378 g/mol. The third-order valence-corrected chi connectivity index (χ3v) is 3.98. The Morgan fingerprint density at radius 3 is 2.77 bits per heavy atom. The second-order valence-electron chi connectivity index (χ2n) is 5.42. The molecule has 1 heterocycles. The number of amides is 1. The first-order chi connectivity index (χ1) is 12.6. The molecule has 26 heavy (non-hydrogen) atoms. The lowest BCUT2D eigenvalue weighted by atomic mass is 10.1. The fourth-order valence-corrected chi connectivity index (χ4v) is 2.48. The van der Waals surface area contributed by atoms with E-state index in [0.717, 1.165) is 11.3 Å². The lowest BCUT2D eigenvalue weighted by Gasteiger charge is -2.12. The number of carbonyl (C=O) groups is 1. The second-order valence-corrected chi connectivity index (χ2v) is 5.82. The number of guanidine groups is 1. The van der Waals surface area contributed by atoms with E-state index in [2.05, 4.69) is 20.9 Å². The minimum atomic E-state index is -0.150. The van der Waals surface area contributed by atoms with Crippen LogP contribution in [0.25, 0.3) is 0 Å². The average Bonchev–Trinajstić information content (AvgIpc) is 3.17. The van der Waals surface area contributed by atoms with Crippen LogP contribution in [0.1, 0.15) is 11.3 Å². The first-order valence-electron chi connectivity index (χ1n) is 8.18. The Morgan fingerprint density at radius 1 is 1.27 bits per heavy atom. The van der Waals surface area contributed by atoms with E-state index < -0.39 is 0 Å². The number of furan rings is 1. The van der Waals surface area contributed by atoms with Crippen molar-refractivity contribution in [3.05, 3.63) is 52.9 Å². The van der Waals surface area contributed by atoms with E-state index in [1.807, 2.05) is 12.1 Å². The largest absolute Gasteiger partial charge is 0.497 e. The number of halogens is 1. The van der Waals surface area contributed by atoms with Crippen molar-refractivity contribution in [1.29, 1.82) is 0 Å². The Kier molecular flexibility index (Phi) is 7.82. The van der Waals surface area contributed by atoms with Gasteiger partial charge in [0.2, 0.25) is 5.91 Å². The van der Waals surface area contributed by atoms with Gasteiger partial charge in [0.1, 0.15) is 11.5 Å². The molecule has 3 N–H and O–H groups in total. The SMILES string of the molecule is CN=C(NCCc1ccc(OC)cc1Cl)NCC(=O)NCc1ccco1. The summed E-state index contributed by atoms with van der Waals surface area (Å²) in [5.41, 5.74) is 1.01. The van der Waals surface area contributed by atoms with Gasteiger partial charge in [-0.15, -0.1) is 0 Å². The molecule has 8 heteroatoms. The molecule has 140 valence electrons. The van der Waals surface area contributed by atoms with Crippen molar-refractivity contribution < 1.29 is 13.9 Å². The molecule has 0 atom stereocenters. The lowest BCUT2D eigenvalue weighted by molar-refractivity contribution is -0.120. The Balaban J connectivity index is 1.69. The minimum Gasteiger partial charge on any atom is -0.497 e. The van der Waals surface area contributed by atoms with Crippen molar-refractivity contribution in [2.45, 2.75) is 13.0 Å². The predicted molar refractivity (Wildman–Crippen MR) is 102 cm³/mol.